The molecule has 0 unspecified atom stereocenters. The Kier molecular flexibility index (Phi) is 6.97. The maximum absolute atomic E-state index is 11.2. The molecule has 9 nitrogen and oxygen atoms in total. The van der Waals surface area contributed by atoms with Crippen LogP contribution in [0.25, 0.3) is 0 Å². The number of aliphatic hydroxyl groups excluding tert-OH is 5. The predicted octanol–water partition coefficient (Wildman–Crippen LogP) is -1.59. The van der Waals surface area contributed by atoms with Gasteiger partial charge in [-0.25, -0.2) is 0 Å². The van der Waals surface area contributed by atoms with Crippen LogP contribution in [0.5, 0.6) is 0 Å². The van der Waals surface area contributed by atoms with E-state index >= 15 is 0 Å². The normalized spacial score (nSPS) is 48.0. The fourth-order valence-corrected chi connectivity index (χ4v) is 4.28. The second kappa shape index (κ2) is 8.25. The zero-order valence-corrected chi connectivity index (χ0v) is 16.8. The summed E-state index contributed by atoms with van der Waals surface area (Å²) in [6, 6.07) is 0. The van der Waals surface area contributed by atoms with E-state index in [1.807, 2.05) is 0 Å². The largest absolute Gasteiger partial charge is 0.394 e. The Morgan fingerprint density at radius 2 is 1.64 bits per heavy atom. The Morgan fingerprint density at radius 3 is 2.18 bits per heavy atom. The molecular formula is C19H34O9. The summed E-state index contributed by atoms with van der Waals surface area (Å²) < 4.78 is 10.9. The van der Waals surface area contributed by atoms with Crippen molar-refractivity contribution >= 4 is 0 Å². The van der Waals surface area contributed by atoms with E-state index in [0.29, 0.717) is 6.42 Å². The summed E-state index contributed by atoms with van der Waals surface area (Å²) >= 11 is 0. The molecule has 2 fully saturated rings. The molecule has 0 aromatic carbocycles. The lowest BCUT2D eigenvalue weighted by atomic mass is 9.57. The minimum absolute atomic E-state index is 0.0131. The molecular weight excluding hydrogens is 372 g/mol. The molecule has 1 heterocycles. The van der Waals surface area contributed by atoms with E-state index < -0.39 is 66.1 Å². The summed E-state index contributed by atoms with van der Waals surface area (Å²) in [4.78, 5) is 0. The van der Waals surface area contributed by atoms with Crippen LogP contribution in [0.4, 0.5) is 0 Å². The first-order chi connectivity index (χ1) is 12.8. The predicted molar refractivity (Wildman–Crippen MR) is 98.0 cm³/mol. The summed E-state index contributed by atoms with van der Waals surface area (Å²) in [5.41, 5.74) is -4.05. The molecule has 0 radical (unpaired) electrons. The molecule has 0 amide bonds. The lowest BCUT2D eigenvalue weighted by Crippen LogP contribution is -2.65. The Hall–Kier alpha value is -0.620. The van der Waals surface area contributed by atoms with E-state index in [2.05, 4.69) is 0 Å². The Balaban J connectivity index is 2.13. The van der Waals surface area contributed by atoms with Gasteiger partial charge in [-0.15, -0.1) is 0 Å². The summed E-state index contributed by atoms with van der Waals surface area (Å²) in [6.45, 7) is 6.01. The monoisotopic (exact) mass is 406 g/mol. The van der Waals surface area contributed by atoms with E-state index in [-0.39, 0.29) is 6.42 Å². The lowest BCUT2D eigenvalue weighted by Gasteiger charge is -2.55. The van der Waals surface area contributed by atoms with Gasteiger partial charge in [-0.05, 0) is 20.3 Å². The first-order valence-electron chi connectivity index (χ1n) is 9.54. The van der Waals surface area contributed by atoms with Crippen molar-refractivity contribution in [2.75, 3.05) is 6.61 Å². The molecule has 164 valence electrons. The van der Waals surface area contributed by atoms with E-state index in [4.69, 9.17) is 9.47 Å². The van der Waals surface area contributed by atoms with E-state index in [0.717, 1.165) is 0 Å². The highest BCUT2D eigenvalue weighted by atomic mass is 16.7. The highest BCUT2D eigenvalue weighted by molar-refractivity contribution is 5.21. The third-order valence-electron chi connectivity index (χ3n) is 6.04. The second-order valence-corrected chi connectivity index (χ2v) is 8.88. The maximum atomic E-state index is 11.2. The summed E-state index contributed by atoms with van der Waals surface area (Å²) in [5.74, 6) is 0. The highest BCUT2D eigenvalue weighted by Crippen LogP contribution is 2.50. The molecule has 2 rings (SSSR count). The zero-order valence-electron chi connectivity index (χ0n) is 16.8. The molecule has 0 aromatic heterocycles. The van der Waals surface area contributed by atoms with E-state index in [9.17, 15) is 35.7 Å². The first-order valence-corrected chi connectivity index (χ1v) is 9.54. The summed E-state index contributed by atoms with van der Waals surface area (Å²) in [7, 11) is 0. The average Bonchev–Trinajstić information content (AvgIpc) is 2.57. The molecule has 9 atom stereocenters. The third kappa shape index (κ3) is 4.28. The molecule has 0 aromatic rings. The van der Waals surface area contributed by atoms with Crippen LogP contribution in [-0.4, -0.2) is 96.5 Å². The molecule has 1 aliphatic heterocycles. The third-order valence-corrected chi connectivity index (χ3v) is 6.04. The van der Waals surface area contributed by atoms with Crippen LogP contribution < -0.4 is 0 Å². The summed E-state index contributed by atoms with van der Waals surface area (Å²) in [5, 5.41) is 70.9. The second-order valence-electron chi connectivity index (χ2n) is 8.88. The zero-order chi connectivity index (χ0) is 21.5. The van der Waals surface area contributed by atoms with Gasteiger partial charge < -0.3 is 45.2 Å². The molecule has 1 saturated carbocycles. The Labute approximate surface area is 164 Å². The fourth-order valence-electron chi connectivity index (χ4n) is 4.28. The maximum Gasteiger partial charge on any atom is 0.187 e. The van der Waals surface area contributed by atoms with Crippen molar-refractivity contribution in [3.8, 4) is 0 Å². The molecule has 28 heavy (non-hydrogen) atoms. The first kappa shape index (κ1) is 23.7. The van der Waals surface area contributed by atoms with Crippen LogP contribution in [0.1, 0.15) is 40.5 Å². The molecule has 7 N–H and O–H groups in total. The Bertz CT molecular complexity index is 542. The number of aliphatic hydroxyl groups is 7. The molecule has 1 saturated heterocycles. The highest BCUT2D eigenvalue weighted by Gasteiger charge is 2.58. The minimum atomic E-state index is -1.65. The Morgan fingerprint density at radius 1 is 1.04 bits per heavy atom. The van der Waals surface area contributed by atoms with Crippen molar-refractivity contribution in [1.82, 2.24) is 0 Å². The molecule has 0 bridgehead atoms. The molecule has 2 aliphatic rings. The van der Waals surface area contributed by atoms with Crippen LogP contribution in [0.3, 0.4) is 0 Å². The van der Waals surface area contributed by atoms with Crippen molar-refractivity contribution < 1.29 is 45.2 Å². The summed E-state index contributed by atoms with van der Waals surface area (Å²) in [6.07, 6.45) is -5.14. The SMILES string of the molecule is C[C@@H](C=C[C@]1(O)C(C)(C)C[C@H](O)C[C@]1(C)O)O[C@@H]1O[C@H](CO)[C@@H](O)[C@H](O)[C@H]1O. The van der Waals surface area contributed by atoms with E-state index in [1.165, 1.54) is 19.1 Å². The van der Waals surface area contributed by atoms with Crippen molar-refractivity contribution in [3.63, 3.8) is 0 Å². The number of hydrogen-bond donors (Lipinski definition) is 7. The van der Waals surface area contributed by atoms with Gasteiger partial charge >= 0.3 is 0 Å². The number of ether oxygens (including phenoxy) is 2. The minimum Gasteiger partial charge on any atom is -0.394 e. The smallest absolute Gasteiger partial charge is 0.187 e. The average molecular weight is 406 g/mol. The van der Waals surface area contributed by atoms with Crippen molar-refractivity contribution in [2.45, 2.75) is 94.7 Å². The van der Waals surface area contributed by atoms with Crippen molar-refractivity contribution in [1.29, 1.82) is 0 Å². The standard InChI is InChI=1S/C19H34O9/c1-10(27-16-15(24)14(23)13(22)12(9-20)28-16)5-6-19(26)17(2,3)7-11(21)8-18(19,4)25/h5-6,10-16,20-26H,7-9H2,1-4H3/t10-,11-,12+,13+,14-,15+,16+,18-,19-/m0/s1. The van der Waals surface area contributed by atoms with Gasteiger partial charge in [0, 0.05) is 11.8 Å². The van der Waals surface area contributed by atoms with Gasteiger partial charge in [0.15, 0.2) is 6.29 Å². The quantitative estimate of drug-likeness (QED) is 0.267. The number of hydrogen-bond acceptors (Lipinski definition) is 9. The van der Waals surface area contributed by atoms with Gasteiger partial charge in [0.1, 0.15) is 30.0 Å². The topological polar surface area (TPSA) is 160 Å². The van der Waals surface area contributed by atoms with Crippen LogP contribution in [0.15, 0.2) is 12.2 Å². The van der Waals surface area contributed by atoms with Crippen molar-refractivity contribution in [3.05, 3.63) is 12.2 Å². The van der Waals surface area contributed by atoms with Gasteiger partial charge in [0.25, 0.3) is 0 Å². The van der Waals surface area contributed by atoms with Crippen molar-refractivity contribution in [2.24, 2.45) is 5.41 Å². The van der Waals surface area contributed by atoms with Crippen LogP contribution >= 0.6 is 0 Å². The molecule has 1 aliphatic carbocycles. The van der Waals surface area contributed by atoms with Crippen LogP contribution in [-0.2, 0) is 9.47 Å². The van der Waals surface area contributed by atoms with Gasteiger partial charge in [0.05, 0.1) is 24.4 Å². The van der Waals surface area contributed by atoms with Gasteiger partial charge in [-0.1, -0.05) is 26.0 Å². The van der Waals surface area contributed by atoms with Crippen LogP contribution in [0, 0.1) is 5.41 Å². The van der Waals surface area contributed by atoms with Crippen LogP contribution in [0.2, 0.25) is 0 Å². The lowest BCUT2D eigenvalue weighted by molar-refractivity contribution is -0.306. The van der Waals surface area contributed by atoms with E-state index in [1.54, 1.807) is 20.8 Å². The van der Waals surface area contributed by atoms with Gasteiger partial charge in [-0.2, -0.15) is 0 Å². The fraction of sp³-hybridized carbons (Fsp3) is 0.895. The molecule has 9 heteroatoms. The van der Waals surface area contributed by atoms with Gasteiger partial charge in [-0.3, -0.25) is 0 Å². The number of rotatable bonds is 5. The van der Waals surface area contributed by atoms with Gasteiger partial charge in [0.2, 0.25) is 0 Å². The molecule has 0 spiro atoms.